The molecule has 5 nitrogen and oxygen atoms in total. The van der Waals surface area contributed by atoms with Crippen LogP contribution in [0.15, 0.2) is 36.9 Å². The van der Waals surface area contributed by atoms with E-state index >= 15 is 0 Å². The first kappa shape index (κ1) is 12.2. The molecule has 1 saturated heterocycles. The summed E-state index contributed by atoms with van der Waals surface area (Å²) in [5.41, 5.74) is 5.62. The molecule has 2 aliphatic heterocycles. The van der Waals surface area contributed by atoms with Crippen molar-refractivity contribution in [3.63, 3.8) is 0 Å². The van der Waals surface area contributed by atoms with Crippen molar-refractivity contribution in [3.05, 3.63) is 42.5 Å². The van der Waals surface area contributed by atoms with Gasteiger partial charge < -0.3 is 9.72 Å². The van der Waals surface area contributed by atoms with Crippen molar-refractivity contribution in [1.29, 1.82) is 0 Å². The number of nitrogens with zero attached hydrogens (tertiary/aromatic N) is 3. The van der Waals surface area contributed by atoms with Gasteiger partial charge in [-0.25, -0.2) is 4.98 Å². The Balaban J connectivity index is 1.65. The zero-order valence-electron chi connectivity index (χ0n) is 12.3. The predicted molar refractivity (Wildman–Crippen MR) is 84.2 cm³/mol. The summed E-state index contributed by atoms with van der Waals surface area (Å²) in [4.78, 5) is 7.83. The maximum Gasteiger partial charge on any atom is 0.137 e. The molecule has 3 aromatic heterocycles. The van der Waals surface area contributed by atoms with Crippen LogP contribution in [0.25, 0.3) is 27.7 Å². The lowest BCUT2D eigenvalue weighted by molar-refractivity contribution is 0.124. The summed E-state index contributed by atoms with van der Waals surface area (Å²) in [5.74, 6) is 0. The number of rotatable bonds is 2. The first-order valence-corrected chi connectivity index (χ1v) is 7.61. The fourth-order valence-electron chi connectivity index (χ4n) is 3.56. The molecular formula is C17H16N4O. The molecule has 0 saturated carbocycles. The highest BCUT2D eigenvalue weighted by Gasteiger charge is 2.34. The SMILES string of the molecule is Cn1cc(-c2c[nH]c3ncc(C4=C[C@@H]5CC[C@H]4O5)cc23)cn1. The third-order valence-corrected chi connectivity index (χ3v) is 4.65. The maximum absolute atomic E-state index is 5.91. The monoisotopic (exact) mass is 292 g/mol. The van der Waals surface area contributed by atoms with E-state index in [1.807, 2.05) is 36.5 Å². The Morgan fingerprint density at radius 2 is 2.23 bits per heavy atom. The smallest absolute Gasteiger partial charge is 0.137 e. The first-order chi connectivity index (χ1) is 10.8. The van der Waals surface area contributed by atoms with Crippen molar-refractivity contribution < 1.29 is 4.74 Å². The molecule has 22 heavy (non-hydrogen) atoms. The number of H-pyrrole nitrogens is 1. The molecule has 3 aromatic rings. The fourth-order valence-corrected chi connectivity index (χ4v) is 3.56. The molecule has 5 heteroatoms. The van der Waals surface area contributed by atoms with Crippen LogP contribution >= 0.6 is 0 Å². The van der Waals surface area contributed by atoms with Gasteiger partial charge in [0.25, 0.3) is 0 Å². The maximum atomic E-state index is 5.91. The average molecular weight is 292 g/mol. The molecule has 2 aliphatic rings. The molecule has 2 atom stereocenters. The number of hydrogen-bond donors (Lipinski definition) is 1. The molecule has 0 radical (unpaired) electrons. The van der Waals surface area contributed by atoms with Gasteiger partial charge in [-0.2, -0.15) is 5.10 Å². The molecule has 1 fully saturated rings. The van der Waals surface area contributed by atoms with E-state index in [1.165, 1.54) is 11.1 Å². The van der Waals surface area contributed by atoms with Gasteiger partial charge in [0, 0.05) is 42.2 Å². The molecule has 0 unspecified atom stereocenters. The van der Waals surface area contributed by atoms with Gasteiger partial charge in [-0.1, -0.05) is 0 Å². The van der Waals surface area contributed by atoms with Crippen LogP contribution in [0.2, 0.25) is 0 Å². The topological polar surface area (TPSA) is 55.7 Å². The number of aromatic nitrogens is 4. The van der Waals surface area contributed by atoms with Crippen LogP contribution in [-0.4, -0.2) is 32.0 Å². The molecule has 5 heterocycles. The second kappa shape index (κ2) is 4.30. The van der Waals surface area contributed by atoms with E-state index < -0.39 is 0 Å². The summed E-state index contributed by atoms with van der Waals surface area (Å²) in [6.07, 6.45) is 12.9. The lowest BCUT2D eigenvalue weighted by atomic mass is 9.94. The summed E-state index contributed by atoms with van der Waals surface area (Å²) < 4.78 is 7.73. The molecule has 0 aromatic carbocycles. The molecule has 2 bridgehead atoms. The highest BCUT2D eigenvalue weighted by molar-refractivity contribution is 5.95. The predicted octanol–water partition coefficient (Wildman–Crippen LogP) is 2.91. The molecule has 0 spiro atoms. The molecule has 1 N–H and O–H groups in total. The number of pyridine rings is 1. The van der Waals surface area contributed by atoms with E-state index in [0.29, 0.717) is 6.10 Å². The molecule has 5 rings (SSSR count). The van der Waals surface area contributed by atoms with Gasteiger partial charge in [-0.15, -0.1) is 0 Å². The number of fused-ring (bicyclic) bond motifs is 3. The quantitative estimate of drug-likeness (QED) is 0.790. The van der Waals surface area contributed by atoms with Crippen LogP contribution in [0.3, 0.4) is 0 Å². The van der Waals surface area contributed by atoms with E-state index in [9.17, 15) is 0 Å². The number of nitrogens with one attached hydrogen (secondary N) is 1. The van der Waals surface area contributed by atoms with Crippen molar-refractivity contribution in [2.24, 2.45) is 7.05 Å². The van der Waals surface area contributed by atoms with Gasteiger partial charge in [0.1, 0.15) is 5.65 Å². The lowest BCUT2D eigenvalue weighted by Gasteiger charge is -2.11. The van der Waals surface area contributed by atoms with E-state index in [0.717, 1.165) is 35.0 Å². The van der Waals surface area contributed by atoms with Crippen LogP contribution in [0.4, 0.5) is 0 Å². The van der Waals surface area contributed by atoms with Crippen molar-refractivity contribution in [2.45, 2.75) is 25.0 Å². The Labute approximate surface area is 127 Å². The summed E-state index contributed by atoms with van der Waals surface area (Å²) in [7, 11) is 1.93. The van der Waals surface area contributed by atoms with Gasteiger partial charge in [0.05, 0.1) is 18.4 Å². The molecule has 0 amide bonds. The highest BCUT2D eigenvalue weighted by Crippen LogP contribution is 2.40. The van der Waals surface area contributed by atoms with E-state index in [-0.39, 0.29) is 6.10 Å². The summed E-state index contributed by atoms with van der Waals surface area (Å²) in [5, 5.41) is 5.39. The Hall–Kier alpha value is -2.40. The minimum atomic E-state index is 0.255. The minimum absolute atomic E-state index is 0.255. The van der Waals surface area contributed by atoms with Gasteiger partial charge in [-0.3, -0.25) is 4.68 Å². The van der Waals surface area contributed by atoms with E-state index in [2.05, 4.69) is 27.2 Å². The molecule has 0 aliphatic carbocycles. The number of aromatic amines is 1. The standard InChI is InChI=1S/C17H16N4O/c1-21-9-11(7-20-21)15-8-19-17-14(15)4-10(6-18-17)13-5-12-2-3-16(13)22-12/h4-9,12,16H,2-3H2,1H3,(H,18,19)/t12-,16+/m0/s1. The highest BCUT2D eigenvalue weighted by atomic mass is 16.5. The van der Waals surface area contributed by atoms with Crippen LogP contribution in [0, 0.1) is 0 Å². The molecular weight excluding hydrogens is 276 g/mol. The van der Waals surface area contributed by atoms with Gasteiger partial charge >= 0.3 is 0 Å². The van der Waals surface area contributed by atoms with Gasteiger partial charge in [0.2, 0.25) is 0 Å². The van der Waals surface area contributed by atoms with Crippen LogP contribution in [0.5, 0.6) is 0 Å². The average Bonchev–Trinajstić information content (AvgIpc) is 3.29. The van der Waals surface area contributed by atoms with Crippen molar-refractivity contribution in [1.82, 2.24) is 19.7 Å². The van der Waals surface area contributed by atoms with Crippen molar-refractivity contribution in [2.75, 3.05) is 0 Å². The second-order valence-electron chi connectivity index (χ2n) is 6.09. The first-order valence-electron chi connectivity index (χ1n) is 7.61. The number of aryl methyl sites for hydroxylation is 1. The Morgan fingerprint density at radius 1 is 1.27 bits per heavy atom. The van der Waals surface area contributed by atoms with Gasteiger partial charge in [-0.05, 0) is 36.1 Å². The summed E-state index contributed by atoms with van der Waals surface area (Å²) >= 11 is 0. The zero-order valence-corrected chi connectivity index (χ0v) is 12.3. The lowest BCUT2D eigenvalue weighted by Crippen LogP contribution is -2.04. The number of hydrogen-bond acceptors (Lipinski definition) is 3. The van der Waals surface area contributed by atoms with Crippen LogP contribution in [0.1, 0.15) is 18.4 Å². The minimum Gasteiger partial charge on any atom is -0.366 e. The van der Waals surface area contributed by atoms with Crippen LogP contribution < -0.4 is 0 Å². The Kier molecular flexibility index (Phi) is 2.38. The normalized spacial score (nSPS) is 23.4. The van der Waals surface area contributed by atoms with Crippen molar-refractivity contribution in [3.8, 4) is 11.1 Å². The van der Waals surface area contributed by atoms with E-state index in [1.54, 1.807) is 0 Å². The largest absolute Gasteiger partial charge is 0.366 e. The Morgan fingerprint density at radius 3 is 2.95 bits per heavy atom. The third kappa shape index (κ3) is 1.69. The van der Waals surface area contributed by atoms with E-state index in [4.69, 9.17) is 4.74 Å². The fraction of sp³-hybridized carbons (Fsp3) is 0.294. The van der Waals surface area contributed by atoms with Gasteiger partial charge in [0.15, 0.2) is 0 Å². The third-order valence-electron chi connectivity index (χ3n) is 4.65. The van der Waals surface area contributed by atoms with Crippen molar-refractivity contribution >= 4 is 16.6 Å². The number of ether oxygens (including phenoxy) is 1. The second-order valence-corrected chi connectivity index (χ2v) is 6.09. The Bertz CT molecular complexity index is 904. The van der Waals surface area contributed by atoms with Crippen LogP contribution in [-0.2, 0) is 11.8 Å². The zero-order chi connectivity index (χ0) is 14.7. The molecule has 110 valence electrons. The summed E-state index contributed by atoms with van der Waals surface area (Å²) in [6, 6.07) is 2.22. The summed E-state index contributed by atoms with van der Waals surface area (Å²) in [6.45, 7) is 0.